The number of nitrogens with zero attached hydrogens (tertiary/aromatic N) is 2. The smallest absolute Gasteiger partial charge is 0.311 e. The van der Waals surface area contributed by atoms with E-state index in [4.69, 9.17) is 9.84 Å². The fourth-order valence-corrected chi connectivity index (χ4v) is 0.829. The van der Waals surface area contributed by atoms with Crippen molar-refractivity contribution < 1.29 is 14.6 Å². The van der Waals surface area contributed by atoms with Crippen molar-refractivity contribution >= 4 is 5.97 Å². The lowest BCUT2D eigenvalue weighted by molar-refractivity contribution is -0.136. The summed E-state index contributed by atoms with van der Waals surface area (Å²) in [6.45, 7) is 2.34. The van der Waals surface area contributed by atoms with E-state index in [-0.39, 0.29) is 12.2 Å². The molecule has 0 aliphatic carbocycles. The Morgan fingerprint density at radius 1 is 1.69 bits per heavy atom. The Morgan fingerprint density at radius 2 is 2.46 bits per heavy atom. The number of rotatable bonds is 4. The standard InChI is InChI=1S/C8H10N2O3/c1-2-13-7-3-4-9-6(10-7)5-8(11)12/h3-4H,2,5H2,1H3,(H,11,12). The minimum absolute atomic E-state index is 0.180. The highest BCUT2D eigenvalue weighted by atomic mass is 16.5. The minimum Gasteiger partial charge on any atom is -0.481 e. The maximum atomic E-state index is 10.3. The molecule has 0 saturated heterocycles. The lowest BCUT2D eigenvalue weighted by Gasteiger charge is -2.01. The van der Waals surface area contributed by atoms with Gasteiger partial charge in [-0.25, -0.2) is 4.98 Å². The monoisotopic (exact) mass is 182 g/mol. The highest BCUT2D eigenvalue weighted by molar-refractivity contribution is 5.68. The van der Waals surface area contributed by atoms with Crippen molar-refractivity contribution in [2.45, 2.75) is 13.3 Å². The molecule has 1 aromatic heterocycles. The second-order valence-corrected chi connectivity index (χ2v) is 2.31. The number of hydrogen-bond acceptors (Lipinski definition) is 4. The molecule has 0 bridgehead atoms. The normalized spacial score (nSPS) is 9.62. The zero-order valence-corrected chi connectivity index (χ0v) is 7.23. The van der Waals surface area contributed by atoms with Gasteiger partial charge in [0.1, 0.15) is 12.2 Å². The van der Waals surface area contributed by atoms with Gasteiger partial charge in [0.2, 0.25) is 5.88 Å². The number of carboxylic acid groups (broad SMARTS) is 1. The summed E-state index contributed by atoms with van der Waals surface area (Å²) in [5, 5.41) is 8.47. The molecule has 5 nitrogen and oxygen atoms in total. The molecule has 0 amide bonds. The van der Waals surface area contributed by atoms with Gasteiger partial charge in [0, 0.05) is 12.3 Å². The van der Waals surface area contributed by atoms with E-state index in [1.807, 2.05) is 6.92 Å². The van der Waals surface area contributed by atoms with E-state index in [9.17, 15) is 4.79 Å². The summed E-state index contributed by atoms with van der Waals surface area (Å²) in [4.78, 5) is 18.0. The molecule has 0 fully saturated rings. The van der Waals surface area contributed by atoms with Gasteiger partial charge in [-0.2, -0.15) is 4.98 Å². The van der Waals surface area contributed by atoms with Gasteiger partial charge < -0.3 is 9.84 Å². The Hall–Kier alpha value is -1.65. The van der Waals surface area contributed by atoms with Crippen molar-refractivity contribution in [3.05, 3.63) is 18.1 Å². The Balaban J connectivity index is 2.73. The number of aromatic nitrogens is 2. The van der Waals surface area contributed by atoms with Crippen LogP contribution >= 0.6 is 0 Å². The molecule has 1 aromatic rings. The summed E-state index contributed by atoms with van der Waals surface area (Å²) in [6, 6.07) is 1.59. The zero-order valence-electron chi connectivity index (χ0n) is 7.23. The predicted octanol–water partition coefficient (Wildman–Crippen LogP) is 0.502. The molecule has 5 heteroatoms. The number of aliphatic carboxylic acids is 1. The third kappa shape index (κ3) is 3.06. The Labute approximate surface area is 75.4 Å². The van der Waals surface area contributed by atoms with Crippen molar-refractivity contribution in [1.29, 1.82) is 0 Å². The van der Waals surface area contributed by atoms with Crippen LogP contribution in [0.15, 0.2) is 12.3 Å². The molecule has 70 valence electrons. The summed E-state index contributed by atoms with van der Waals surface area (Å²) in [6.07, 6.45) is 1.30. The van der Waals surface area contributed by atoms with E-state index in [0.717, 1.165) is 0 Å². The van der Waals surface area contributed by atoms with Crippen molar-refractivity contribution in [3.8, 4) is 5.88 Å². The SMILES string of the molecule is CCOc1ccnc(CC(=O)O)n1. The van der Waals surface area contributed by atoms with Crippen LogP contribution in [0.4, 0.5) is 0 Å². The van der Waals surface area contributed by atoms with Gasteiger partial charge >= 0.3 is 5.97 Å². The molecular formula is C8H10N2O3. The zero-order chi connectivity index (χ0) is 9.68. The van der Waals surface area contributed by atoms with Crippen molar-refractivity contribution in [2.24, 2.45) is 0 Å². The van der Waals surface area contributed by atoms with Crippen LogP contribution in [0.25, 0.3) is 0 Å². The van der Waals surface area contributed by atoms with Crippen molar-refractivity contribution in [2.75, 3.05) is 6.61 Å². The number of ether oxygens (including phenoxy) is 1. The summed E-state index contributed by atoms with van der Waals surface area (Å²) in [5.41, 5.74) is 0. The second-order valence-electron chi connectivity index (χ2n) is 2.31. The molecule has 0 aromatic carbocycles. The van der Waals surface area contributed by atoms with E-state index >= 15 is 0 Å². The van der Waals surface area contributed by atoms with E-state index in [0.29, 0.717) is 12.5 Å². The summed E-state index contributed by atoms with van der Waals surface area (Å²) < 4.78 is 5.08. The van der Waals surface area contributed by atoms with Crippen LogP contribution in [0.5, 0.6) is 5.88 Å². The molecule has 0 aliphatic heterocycles. The molecule has 1 heterocycles. The topological polar surface area (TPSA) is 72.3 Å². The second kappa shape index (κ2) is 4.39. The lowest BCUT2D eigenvalue weighted by atomic mass is 10.4. The van der Waals surface area contributed by atoms with Crippen LogP contribution in [-0.2, 0) is 11.2 Å². The highest BCUT2D eigenvalue weighted by Crippen LogP contribution is 2.04. The molecule has 0 radical (unpaired) electrons. The summed E-state index contributed by atoms with van der Waals surface area (Å²) >= 11 is 0. The van der Waals surface area contributed by atoms with Crippen LogP contribution in [0.3, 0.4) is 0 Å². The fraction of sp³-hybridized carbons (Fsp3) is 0.375. The first kappa shape index (κ1) is 9.44. The van der Waals surface area contributed by atoms with E-state index < -0.39 is 5.97 Å². The van der Waals surface area contributed by atoms with Gasteiger partial charge in [-0.1, -0.05) is 0 Å². The molecule has 0 atom stereocenters. The summed E-state index contributed by atoms with van der Waals surface area (Å²) in [7, 11) is 0. The highest BCUT2D eigenvalue weighted by Gasteiger charge is 2.04. The van der Waals surface area contributed by atoms with E-state index in [1.54, 1.807) is 6.07 Å². The largest absolute Gasteiger partial charge is 0.481 e. The molecule has 1 rings (SSSR count). The van der Waals surface area contributed by atoms with Crippen LogP contribution in [0.1, 0.15) is 12.7 Å². The van der Waals surface area contributed by atoms with Crippen molar-refractivity contribution in [1.82, 2.24) is 9.97 Å². The molecule has 0 saturated carbocycles. The average Bonchev–Trinajstić information content (AvgIpc) is 2.04. The predicted molar refractivity (Wildman–Crippen MR) is 44.5 cm³/mol. The van der Waals surface area contributed by atoms with Gasteiger partial charge in [-0.3, -0.25) is 4.79 Å². The van der Waals surface area contributed by atoms with Gasteiger partial charge in [0.05, 0.1) is 6.61 Å². The minimum atomic E-state index is -0.950. The van der Waals surface area contributed by atoms with E-state index in [1.165, 1.54) is 6.20 Å². The van der Waals surface area contributed by atoms with Crippen LogP contribution in [0.2, 0.25) is 0 Å². The molecule has 13 heavy (non-hydrogen) atoms. The third-order valence-corrected chi connectivity index (χ3v) is 1.28. The Bertz CT molecular complexity index is 301. The van der Waals surface area contributed by atoms with E-state index in [2.05, 4.69) is 9.97 Å². The molecular weight excluding hydrogens is 172 g/mol. The first-order valence-corrected chi connectivity index (χ1v) is 3.89. The van der Waals surface area contributed by atoms with Gasteiger partial charge in [-0.15, -0.1) is 0 Å². The molecule has 0 spiro atoms. The quantitative estimate of drug-likeness (QED) is 0.734. The van der Waals surface area contributed by atoms with Crippen LogP contribution < -0.4 is 4.74 Å². The average molecular weight is 182 g/mol. The number of carboxylic acids is 1. The van der Waals surface area contributed by atoms with Gasteiger partial charge in [-0.05, 0) is 6.92 Å². The maximum absolute atomic E-state index is 10.3. The Kier molecular flexibility index (Phi) is 3.19. The van der Waals surface area contributed by atoms with Crippen LogP contribution in [-0.4, -0.2) is 27.7 Å². The molecule has 0 aliphatic rings. The summed E-state index contributed by atoms with van der Waals surface area (Å²) in [5.74, 6) is -0.277. The van der Waals surface area contributed by atoms with Crippen molar-refractivity contribution in [3.63, 3.8) is 0 Å². The van der Waals surface area contributed by atoms with Gasteiger partial charge in [0.15, 0.2) is 0 Å². The van der Waals surface area contributed by atoms with Crippen LogP contribution in [0, 0.1) is 0 Å². The Morgan fingerprint density at radius 3 is 3.08 bits per heavy atom. The maximum Gasteiger partial charge on any atom is 0.311 e. The fourth-order valence-electron chi connectivity index (χ4n) is 0.829. The first-order valence-electron chi connectivity index (χ1n) is 3.89. The number of hydrogen-bond donors (Lipinski definition) is 1. The van der Waals surface area contributed by atoms with Gasteiger partial charge in [0.25, 0.3) is 0 Å². The third-order valence-electron chi connectivity index (χ3n) is 1.28. The first-order chi connectivity index (χ1) is 6.22. The molecule has 0 unspecified atom stereocenters. The number of carbonyl (C=O) groups is 1. The lowest BCUT2D eigenvalue weighted by Crippen LogP contribution is -2.06. The molecule has 1 N–H and O–H groups in total.